The molecule has 0 saturated heterocycles. The number of nitrogens with zero attached hydrogens (tertiary/aromatic N) is 1. The van der Waals surface area contributed by atoms with Crippen LogP contribution in [0.2, 0.25) is 0 Å². The number of guanidine groups is 1. The Kier molecular flexibility index (Phi) is 10.8. The average molecular weight is 429 g/mol. The molecule has 3 N–H and O–H groups in total. The predicted molar refractivity (Wildman–Crippen MR) is 93.1 cm³/mol. The summed E-state index contributed by atoms with van der Waals surface area (Å²) in [6.45, 7) is 2.66. The van der Waals surface area contributed by atoms with E-state index in [1.807, 2.05) is 13.8 Å². The van der Waals surface area contributed by atoms with E-state index in [2.05, 4.69) is 20.4 Å². The van der Waals surface area contributed by atoms with Crippen LogP contribution in [-0.4, -0.2) is 37.3 Å². The summed E-state index contributed by atoms with van der Waals surface area (Å²) in [5, 5.41) is 16.1. The highest BCUT2D eigenvalue weighted by Gasteiger charge is 2.09. The zero-order valence-electron chi connectivity index (χ0n) is 12.6. The number of halogens is 3. The van der Waals surface area contributed by atoms with Crippen LogP contribution in [0, 0.1) is 0 Å². The summed E-state index contributed by atoms with van der Waals surface area (Å²) >= 11 is 0. The maximum absolute atomic E-state index is 12.0. The Morgan fingerprint density at radius 3 is 2.18 bits per heavy atom. The van der Waals surface area contributed by atoms with Gasteiger partial charge in [0.2, 0.25) is 0 Å². The lowest BCUT2D eigenvalue weighted by atomic mass is 10.1. The van der Waals surface area contributed by atoms with Crippen LogP contribution in [0.15, 0.2) is 29.3 Å². The van der Waals surface area contributed by atoms with Crippen molar-refractivity contribution in [3.63, 3.8) is 0 Å². The van der Waals surface area contributed by atoms with E-state index in [1.54, 1.807) is 0 Å². The molecule has 0 spiro atoms. The molecule has 8 heteroatoms. The molecular weight excluding hydrogens is 407 g/mol. The van der Waals surface area contributed by atoms with Crippen molar-refractivity contribution in [1.29, 1.82) is 0 Å². The number of nitrogens with one attached hydrogen (secondary N) is 2. The van der Waals surface area contributed by atoms with Gasteiger partial charge < -0.3 is 20.5 Å². The van der Waals surface area contributed by atoms with Gasteiger partial charge in [0, 0.05) is 13.1 Å². The number of benzene rings is 1. The van der Waals surface area contributed by atoms with Gasteiger partial charge in [0.05, 0.1) is 12.6 Å². The lowest BCUT2D eigenvalue weighted by Gasteiger charge is -2.12. The molecule has 0 saturated carbocycles. The first-order valence-electron chi connectivity index (χ1n) is 6.81. The third-order valence-electron chi connectivity index (χ3n) is 2.60. The SMILES string of the molecule is CCNC(=NCC(O)c1ccc(OC(F)F)cc1)NCC.I. The summed E-state index contributed by atoms with van der Waals surface area (Å²) < 4.78 is 28.3. The molecule has 0 aliphatic rings. The second-order valence-electron chi connectivity index (χ2n) is 4.21. The van der Waals surface area contributed by atoms with Gasteiger partial charge in [-0.25, -0.2) is 0 Å². The molecule has 0 fully saturated rings. The molecule has 0 aliphatic carbocycles. The molecule has 1 aromatic rings. The molecule has 1 rings (SSSR count). The highest BCUT2D eigenvalue weighted by Crippen LogP contribution is 2.19. The van der Waals surface area contributed by atoms with E-state index in [0.717, 1.165) is 13.1 Å². The minimum Gasteiger partial charge on any atom is -0.435 e. The smallest absolute Gasteiger partial charge is 0.387 e. The van der Waals surface area contributed by atoms with Crippen molar-refractivity contribution < 1.29 is 18.6 Å². The molecule has 1 aromatic carbocycles. The van der Waals surface area contributed by atoms with Crippen LogP contribution in [0.4, 0.5) is 8.78 Å². The molecule has 0 aliphatic heterocycles. The number of hydrogen-bond acceptors (Lipinski definition) is 3. The van der Waals surface area contributed by atoms with E-state index in [1.165, 1.54) is 24.3 Å². The monoisotopic (exact) mass is 429 g/mol. The number of alkyl halides is 2. The van der Waals surface area contributed by atoms with Crippen LogP contribution < -0.4 is 15.4 Å². The van der Waals surface area contributed by atoms with Crippen molar-refractivity contribution in [2.24, 2.45) is 4.99 Å². The highest BCUT2D eigenvalue weighted by molar-refractivity contribution is 14.0. The zero-order chi connectivity index (χ0) is 15.7. The number of hydrogen-bond donors (Lipinski definition) is 3. The Morgan fingerprint density at radius 1 is 1.18 bits per heavy atom. The Labute approximate surface area is 146 Å². The van der Waals surface area contributed by atoms with E-state index >= 15 is 0 Å². The molecule has 0 bridgehead atoms. The van der Waals surface area contributed by atoms with Gasteiger partial charge in [-0.3, -0.25) is 4.99 Å². The summed E-state index contributed by atoms with van der Waals surface area (Å²) in [6, 6.07) is 5.87. The van der Waals surface area contributed by atoms with Crippen LogP contribution >= 0.6 is 24.0 Å². The van der Waals surface area contributed by atoms with Crippen molar-refractivity contribution in [3.8, 4) is 5.75 Å². The maximum Gasteiger partial charge on any atom is 0.387 e. The molecule has 5 nitrogen and oxygen atoms in total. The lowest BCUT2D eigenvalue weighted by molar-refractivity contribution is -0.0498. The Bertz CT molecular complexity index is 436. The van der Waals surface area contributed by atoms with Gasteiger partial charge in [0.25, 0.3) is 0 Å². The van der Waals surface area contributed by atoms with E-state index < -0.39 is 12.7 Å². The fourth-order valence-electron chi connectivity index (χ4n) is 1.66. The molecule has 0 amide bonds. The first-order chi connectivity index (χ1) is 10.1. The standard InChI is InChI=1S/C14H21F2N3O2.HI/c1-3-17-14(18-4-2)19-9-12(20)10-5-7-11(8-6-10)21-13(15)16;/h5-8,12-13,20H,3-4,9H2,1-2H3,(H2,17,18,19);1H. The van der Waals surface area contributed by atoms with Gasteiger partial charge in [0.15, 0.2) is 5.96 Å². The largest absolute Gasteiger partial charge is 0.435 e. The van der Waals surface area contributed by atoms with Crippen molar-refractivity contribution in [1.82, 2.24) is 10.6 Å². The minimum atomic E-state index is -2.85. The van der Waals surface area contributed by atoms with Crippen LogP contribution in [0.5, 0.6) is 5.75 Å². The summed E-state index contributed by atoms with van der Waals surface area (Å²) in [4.78, 5) is 4.24. The zero-order valence-corrected chi connectivity index (χ0v) is 14.9. The van der Waals surface area contributed by atoms with E-state index in [9.17, 15) is 13.9 Å². The number of aliphatic hydroxyl groups is 1. The molecule has 0 heterocycles. The van der Waals surface area contributed by atoms with Gasteiger partial charge in [-0.1, -0.05) is 12.1 Å². The quantitative estimate of drug-likeness (QED) is 0.354. The lowest BCUT2D eigenvalue weighted by Crippen LogP contribution is -2.37. The molecule has 1 unspecified atom stereocenters. The third kappa shape index (κ3) is 7.74. The van der Waals surface area contributed by atoms with E-state index in [4.69, 9.17) is 0 Å². The van der Waals surface area contributed by atoms with Crippen molar-refractivity contribution in [2.45, 2.75) is 26.6 Å². The van der Waals surface area contributed by atoms with Gasteiger partial charge in [-0.2, -0.15) is 8.78 Å². The Morgan fingerprint density at radius 2 is 1.73 bits per heavy atom. The van der Waals surface area contributed by atoms with E-state index in [0.29, 0.717) is 11.5 Å². The number of aliphatic hydroxyl groups excluding tert-OH is 1. The highest BCUT2D eigenvalue weighted by atomic mass is 127. The Hall–Kier alpha value is -1.16. The minimum absolute atomic E-state index is 0. The van der Waals surface area contributed by atoms with E-state index in [-0.39, 0.29) is 36.3 Å². The third-order valence-corrected chi connectivity index (χ3v) is 2.60. The van der Waals surface area contributed by atoms with Crippen molar-refractivity contribution >= 4 is 29.9 Å². The van der Waals surface area contributed by atoms with Crippen LogP contribution in [0.3, 0.4) is 0 Å². The first-order valence-corrected chi connectivity index (χ1v) is 6.81. The molecule has 0 aromatic heterocycles. The van der Waals surface area contributed by atoms with Crippen LogP contribution in [0.1, 0.15) is 25.5 Å². The topological polar surface area (TPSA) is 65.9 Å². The summed E-state index contributed by atoms with van der Waals surface area (Å²) in [5.41, 5.74) is 0.590. The van der Waals surface area contributed by atoms with Crippen LogP contribution in [0.25, 0.3) is 0 Å². The van der Waals surface area contributed by atoms with Gasteiger partial charge >= 0.3 is 6.61 Å². The summed E-state index contributed by atoms with van der Waals surface area (Å²) in [7, 11) is 0. The average Bonchev–Trinajstić information content (AvgIpc) is 2.45. The number of rotatable bonds is 7. The molecule has 0 radical (unpaired) electrons. The van der Waals surface area contributed by atoms with Crippen molar-refractivity contribution in [3.05, 3.63) is 29.8 Å². The fourth-order valence-corrected chi connectivity index (χ4v) is 1.66. The second kappa shape index (κ2) is 11.4. The second-order valence-corrected chi connectivity index (χ2v) is 4.21. The fraction of sp³-hybridized carbons (Fsp3) is 0.500. The Balaban J connectivity index is 0.00000441. The molecular formula is C14H22F2IN3O2. The normalized spacial score (nSPS) is 11.4. The van der Waals surface area contributed by atoms with Gasteiger partial charge in [0.1, 0.15) is 5.75 Å². The summed E-state index contributed by atoms with van der Waals surface area (Å²) in [6.07, 6.45) is -0.807. The van der Waals surface area contributed by atoms with Gasteiger partial charge in [-0.05, 0) is 31.5 Å². The number of ether oxygens (including phenoxy) is 1. The first kappa shape index (κ1) is 20.8. The molecule has 126 valence electrons. The maximum atomic E-state index is 12.0. The summed E-state index contributed by atoms with van der Waals surface area (Å²) in [5.74, 6) is 0.683. The number of aliphatic imine (C=N–C) groups is 1. The van der Waals surface area contributed by atoms with Crippen LogP contribution in [-0.2, 0) is 0 Å². The predicted octanol–water partition coefficient (Wildman–Crippen LogP) is 2.51. The molecule has 22 heavy (non-hydrogen) atoms. The van der Waals surface area contributed by atoms with Crippen molar-refractivity contribution in [2.75, 3.05) is 19.6 Å². The van der Waals surface area contributed by atoms with Gasteiger partial charge in [-0.15, -0.1) is 24.0 Å². The molecule has 1 atom stereocenters.